The maximum absolute atomic E-state index is 12.3. The first-order valence-corrected chi connectivity index (χ1v) is 6.49. The van der Waals surface area contributed by atoms with Gasteiger partial charge in [-0.2, -0.15) is 0 Å². The number of nitrogens with zero attached hydrogens (tertiary/aromatic N) is 1. The van der Waals surface area contributed by atoms with Crippen LogP contribution in [-0.2, 0) is 9.59 Å². The maximum Gasteiger partial charge on any atom is 0.245 e. The summed E-state index contributed by atoms with van der Waals surface area (Å²) < 4.78 is 0. The molecule has 1 heterocycles. The molecule has 1 saturated heterocycles. The third-order valence-electron chi connectivity index (χ3n) is 3.83. The summed E-state index contributed by atoms with van der Waals surface area (Å²) in [5.74, 6) is -0.797. The monoisotopic (exact) mass is 265 g/mol. The van der Waals surface area contributed by atoms with Gasteiger partial charge >= 0.3 is 0 Å². The topological polar surface area (TPSA) is 89.4 Å². The van der Waals surface area contributed by atoms with Crippen LogP contribution < -0.4 is 11.5 Å². The second kappa shape index (κ2) is 6.02. The molecule has 0 saturated carbocycles. The first-order valence-electron chi connectivity index (χ1n) is 6.49. The van der Waals surface area contributed by atoms with Crippen LogP contribution in [0.25, 0.3) is 0 Å². The highest BCUT2D eigenvalue weighted by molar-refractivity contribution is 5.93. The number of rotatable bonds is 6. The van der Waals surface area contributed by atoms with Gasteiger partial charge in [-0.25, -0.2) is 0 Å². The van der Waals surface area contributed by atoms with Gasteiger partial charge in [0.25, 0.3) is 0 Å². The zero-order chi connectivity index (χ0) is 14.7. The third-order valence-corrected chi connectivity index (χ3v) is 3.83. The molecule has 0 aromatic heterocycles. The van der Waals surface area contributed by atoms with Crippen LogP contribution in [0, 0.1) is 11.8 Å². The molecule has 0 bridgehead atoms. The fourth-order valence-electron chi connectivity index (χ4n) is 2.27. The lowest BCUT2D eigenvalue weighted by Gasteiger charge is -2.24. The summed E-state index contributed by atoms with van der Waals surface area (Å²) in [6.45, 7) is 12.1. The van der Waals surface area contributed by atoms with Gasteiger partial charge in [-0.1, -0.05) is 33.4 Å². The van der Waals surface area contributed by atoms with Crippen molar-refractivity contribution in [2.45, 2.75) is 26.3 Å². The molecule has 1 rings (SSSR count). The van der Waals surface area contributed by atoms with E-state index in [4.69, 9.17) is 11.5 Å². The Morgan fingerprint density at radius 1 is 1.58 bits per heavy atom. The largest absolute Gasteiger partial charge is 0.366 e. The van der Waals surface area contributed by atoms with E-state index in [9.17, 15) is 9.59 Å². The van der Waals surface area contributed by atoms with Crippen molar-refractivity contribution in [3.63, 3.8) is 0 Å². The highest BCUT2D eigenvalue weighted by Gasteiger charge is 2.40. The minimum atomic E-state index is -0.590. The second-order valence-electron chi connectivity index (χ2n) is 5.26. The van der Waals surface area contributed by atoms with E-state index >= 15 is 0 Å². The number of carbonyl (C=O) groups excluding carboxylic acids is 2. The van der Waals surface area contributed by atoms with Crippen LogP contribution in [0.1, 0.15) is 20.3 Å². The van der Waals surface area contributed by atoms with Gasteiger partial charge in [0.1, 0.15) is 0 Å². The van der Waals surface area contributed by atoms with Crippen molar-refractivity contribution in [3.05, 3.63) is 24.3 Å². The third kappa shape index (κ3) is 3.23. The first kappa shape index (κ1) is 15.4. The van der Waals surface area contributed by atoms with Gasteiger partial charge in [0, 0.05) is 18.2 Å². The molecular formula is C14H23N3O2. The minimum absolute atomic E-state index is 0.0831. The van der Waals surface area contributed by atoms with Gasteiger partial charge in [0.2, 0.25) is 11.8 Å². The van der Waals surface area contributed by atoms with E-state index in [1.54, 1.807) is 4.90 Å². The van der Waals surface area contributed by atoms with Crippen LogP contribution in [-0.4, -0.2) is 35.8 Å². The van der Waals surface area contributed by atoms with Gasteiger partial charge < -0.3 is 16.4 Å². The Bertz CT molecular complexity index is 417. The molecule has 0 spiro atoms. The van der Waals surface area contributed by atoms with Gasteiger partial charge in [0.05, 0.1) is 12.5 Å². The molecule has 0 aromatic rings. The summed E-state index contributed by atoms with van der Waals surface area (Å²) >= 11 is 0. The number of nitrogens with two attached hydrogens (primary N) is 2. The van der Waals surface area contributed by atoms with Crippen molar-refractivity contribution in [2.75, 3.05) is 13.1 Å². The van der Waals surface area contributed by atoms with E-state index in [0.717, 1.165) is 12.0 Å². The number of hydrogen-bond donors (Lipinski definition) is 2. The summed E-state index contributed by atoms with van der Waals surface area (Å²) in [5, 5.41) is 0. The van der Waals surface area contributed by atoms with E-state index in [0.29, 0.717) is 6.54 Å². The smallest absolute Gasteiger partial charge is 0.245 e. The summed E-state index contributed by atoms with van der Waals surface area (Å²) in [5.41, 5.74) is 12.3. The zero-order valence-corrected chi connectivity index (χ0v) is 11.7. The summed E-state index contributed by atoms with van der Waals surface area (Å²) in [7, 11) is 0. The predicted octanol–water partition coefficient (Wildman–Crippen LogP) is 0.416. The Hall–Kier alpha value is -1.62. The second-order valence-corrected chi connectivity index (χ2v) is 5.26. The molecule has 0 aromatic carbocycles. The van der Waals surface area contributed by atoms with Crippen molar-refractivity contribution < 1.29 is 9.59 Å². The van der Waals surface area contributed by atoms with Crippen molar-refractivity contribution in [3.8, 4) is 0 Å². The lowest BCUT2D eigenvalue weighted by molar-refractivity contribution is -0.131. The molecule has 0 radical (unpaired) electrons. The molecule has 3 atom stereocenters. The molecule has 2 amide bonds. The van der Waals surface area contributed by atoms with Crippen molar-refractivity contribution in [2.24, 2.45) is 23.3 Å². The van der Waals surface area contributed by atoms with Crippen LogP contribution in [0.15, 0.2) is 24.3 Å². The van der Waals surface area contributed by atoms with Crippen molar-refractivity contribution in [1.82, 2.24) is 4.90 Å². The van der Waals surface area contributed by atoms with Gasteiger partial charge in [0.15, 0.2) is 0 Å². The average molecular weight is 265 g/mol. The Morgan fingerprint density at radius 3 is 2.63 bits per heavy atom. The quantitative estimate of drug-likeness (QED) is 0.538. The molecule has 0 aliphatic carbocycles. The van der Waals surface area contributed by atoms with Gasteiger partial charge in [-0.15, -0.1) is 0 Å². The Labute approximate surface area is 114 Å². The van der Waals surface area contributed by atoms with Gasteiger partial charge in [-0.05, 0) is 11.5 Å². The van der Waals surface area contributed by atoms with E-state index in [1.807, 2.05) is 13.8 Å². The van der Waals surface area contributed by atoms with E-state index in [-0.39, 0.29) is 35.9 Å². The summed E-state index contributed by atoms with van der Waals surface area (Å²) in [4.78, 5) is 24.9. The highest BCUT2D eigenvalue weighted by atomic mass is 16.2. The minimum Gasteiger partial charge on any atom is -0.366 e. The summed E-state index contributed by atoms with van der Waals surface area (Å²) in [6.07, 6.45) is 0.909. The molecular weight excluding hydrogens is 242 g/mol. The molecule has 4 N–H and O–H groups in total. The van der Waals surface area contributed by atoms with Crippen LogP contribution >= 0.6 is 0 Å². The first-order chi connectivity index (χ1) is 8.79. The normalized spacial score (nSPS) is 22.5. The predicted molar refractivity (Wildman–Crippen MR) is 75.0 cm³/mol. The van der Waals surface area contributed by atoms with E-state index in [2.05, 4.69) is 13.2 Å². The van der Waals surface area contributed by atoms with Crippen LogP contribution in [0.4, 0.5) is 0 Å². The highest BCUT2D eigenvalue weighted by Crippen LogP contribution is 2.29. The number of amides is 2. The maximum atomic E-state index is 12.3. The van der Waals surface area contributed by atoms with Crippen LogP contribution in [0.3, 0.4) is 0 Å². The van der Waals surface area contributed by atoms with E-state index in [1.165, 1.54) is 0 Å². The molecule has 19 heavy (non-hydrogen) atoms. The fraction of sp³-hybridized carbons (Fsp3) is 0.571. The Morgan fingerprint density at radius 2 is 2.16 bits per heavy atom. The fourth-order valence-corrected chi connectivity index (χ4v) is 2.27. The SMILES string of the molecule is C=C(CN1CC(=C)C([C@@H](N)[C@H](C)CC)C1=O)C(N)=O. The number of likely N-dealkylation sites (tertiary alicyclic amines) is 1. The Balaban J connectivity index is 2.79. The number of hydrogen-bond acceptors (Lipinski definition) is 3. The molecule has 1 aliphatic heterocycles. The van der Waals surface area contributed by atoms with Crippen molar-refractivity contribution >= 4 is 11.8 Å². The number of primary amides is 1. The van der Waals surface area contributed by atoms with Crippen molar-refractivity contribution in [1.29, 1.82) is 0 Å². The van der Waals surface area contributed by atoms with Crippen LogP contribution in [0.5, 0.6) is 0 Å². The molecule has 106 valence electrons. The van der Waals surface area contributed by atoms with Crippen LogP contribution in [0.2, 0.25) is 0 Å². The Kier molecular flexibility index (Phi) is 4.89. The zero-order valence-electron chi connectivity index (χ0n) is 11.7. The standard InChI is InChI=1S/C14H23N3O2/c1-5-8(2)12(15)11-9(3)6-17(14(11)19)7-10(4)13(16)18/h8,11-12H,3-7,15H2,1-2H3,(H2,16,18)/t8-,11?,12+/m1/s1. The number of carbonyl (C=O) groups is 2. The molecule has 5 nitrogen and oxygen atoms in total. The average Bonchev–Trinajstić information content (AvgIpc) is 2.62. The van der Waals surface area contributed by atoms with Gasteiger partial charge in [-0.3, -0.25) is 9.59 Å². The molecule has 1 fully saturated rings. The van der Waals surface area contributed by atoms with E-state index < -0.39 is 5.91 Å². The molecule has 1 unspecified atom stereocenters. The lowest BCUT2D eigenvalue weighted by Crippen LogP contribution is -2.42. The molecule has 5 heteroatoms. The summed E-state index contributed by atoms with van der Waals surface area (Å²) in [6, 6.07) is -0.239. The molecule has 1 aliphatic rings. The lowest BCUT2D eigenvalue weighted by atomic mass is 9.85.